The van der Waals surface area contributed by atoms with E-state index in [1.54, 1.807) is 16.7 Å². The van der Waals surface area contributed by atoms with E-state index in [0.29, 0.717) is 30.4 Å². The van der Waals surface area contributed by atoms with Crippen LogP contribution in [-0.4, -0.2) is 64.1 Å². The van der Waals surface area contributed by atoms with Crippen molar-refractivity contribution in [3.63, 3.8) is 0 Å². The van der Waals surface area contributed by atoms with Gasteiger partial charge in [0.15, 0.2) is 5.65 Å². The molecule has 0 aliphatic carbocycles. The summed E-state index contributed by atoms with van der Waals surface area (Å²) < 4.78 is 29.9. The van der Waals surface area contributed by atoms with Gasteiger partial charge in [0, 0.05) is 32.2 Å². The van der Waals surface area contributed by atoms with Gasteiger partial charge in [-0.05, 0) is 50.3 Å². The number of imidazole rings is 1. The predicted molar refractivity (Wildman–Crippen MR) is 130 cm³/mol. The average Bonchev–Trinajstić information content (AvgIpc) is 3.44. The number of aliphatic carboxylic acids is 1. The molecule has 10 nitrogen and oxygen atoms in total. The van der Waals surface area contributed by atoms with Crippen LogP contribution in [0.1, 0.15) is 45.1 Å². The summed E-state index contributed by atoms with van der Waals surface area (Å²) in [5, 5.41) is 9.35. The van der Waals surface area contributed by atoms with Crippen molar-refractivity contribution in [2.75, 3.05) is 31.1 Å². The molecule has 11 heteroatoms. The first-order valence-corrected chi connectivity index (χ1v) is 13.1. The number of carbonyl (C=O) groups is 1. The van der Waals surface area contributed by atoms with E-state index >= 15 is 0 Å². The zero-order valence-corrected chi connectivity index (χ0v) is 20.2. The molecule has 4 heterocycles. The number of hydrogen-bond donors (Lipinski definition) is 1. The lowest BCUT2D eigenvalue weighted by Gasteiger charge is -2.31. The highest BCUT2D eigenvalue weighted by molar-refractivity contribution is 7.93. The van der Waals surface area contributed by atoms with Gasteiger partial charge in [0.05, 0.1) is 10.4 Å². The Balaban J connectivity index is 1.66. The second kappa shape index (κ2) is 9.75. The van der Waals surface area contributed by atoms with Gasteiger partial charge in [0.1, 0.15) is 12.4 Å². The minimum Gasteiger partial charge on any atom is -0.480 e. The van der Waals surface area contributed by atoms with E-state index in [0.717, 1.165) is 31.7 Å². The Morgan fingerprint density at radius 3 is 2.50 bits per heavy atom. The molecule has 0 aromatic carbocycles. The quantitative estimate of drug-likeness (QED) is 0.566. The molecule has 0 radical (unpaired) electrons. The van der Waals surface area contributed by atoms with Gasteiger partial charge in [0.2, 0.25) is 10.0 Å². The second-order valence-corrected chi connectivity index (χ2v) is 10.7. The summed E-state index contributed by atoms with van der Waals surface area (Å²) in [7, 11) is -3.66. The number of carboxylic acids is 1. The third kappa shape index (κ3) is 4.54. The summed E-state index contributed by atoms with van der Waals surface area (Å²) in [6, 6.07) is 3.32. The van der Waals surface area contributed by atoms with E-state index < -0.39 is 28.2 Å². The summed E-state index contributed by atoms with van der Waals surface area (Å²) in [6.07, 6.45) is 7.00. The number of carboxylic acid groups (broad SMARTS) is 1. The number of allylic oxidation sites excluding steroid dienone is 2. The molecular weight excluding hydrogens is 458 g/mol. The maximum Gasteiger partial charge on any atom is 0.331 e. The zero-order valence-electron chi connectivity index (χ0n) is 19.4. The summed E-state index contributed by atoms with van der Waals surface area (Å²) in [4.78, 5) is 31.7. The van der Waals surface area contributed by atoms with Crippen molar-refractivity contribution in [2.45, 2.75) is 51.6 Å². The van der Waals surface area contributed by atoms with E-state index in [-0.39, 0.29) is 24.0 Å². The SMILES string of the molecule is C=C(C=CCC)S(=O)(=O)N1CCC(n2c(=O)n(CC(=O)O)c3ccc(N4CCCC4)nc32)CC1. The minimum absolute atomic E-state index is 0.0555. The van der Waals surface area contributed by atoms with Crippen LogP contribution in [0.4, 0.5) is 5.82 Å². The Hall–Kier alpha value is -2.92. The van der Waals surface area contributed by atoms with Crippen molar-refractivity contribution in [2.24, 2.45) is 0 Å². The molecule has 2 saturated heterocycles. The summed E-state index contributed by atoms with van der Waals surface area (Å²) >= 11 is 0. The highest BCUT2D eigenvalue weighted by Crippen LogP contribution is 2.29. The third-order valence-corrected chi connectivity index (χ3v) is 8.36. The zero-order chi connectivity index (χ0) is 24.5. The Morgan fingerprint density at radius 1 is 1.21 bits per heavy atom. The fourth-order valence-corrected chi connectivity index (χ4v) is 6.02. The molecule has 2 aliphatic heterocycles. The van der Waals surface area contributed by atoms with Crippen LogP contribution in [0.5, 0.6) is 0 Å². The Kier molecular flexibility index (Phi) is 6.94. The molecule has 0 spiro atoms. The average molecular weight is 490 g/mol. The molecular formula is C23H31N5O5S. The van der Waals surface area contributed by atoms with E-state index in [1.165, 1.54) is 14.9 Å². The maximum absolute atomic E-state index is 13.3. The fourth-order valence-electron chi connectivity index (χ4n) is 4.72. The van der Waals surface area contributed by atoms with E-state index in [2.05, 4.69) is 11.5 Å². The van der Waals surface area contributed by atoms with Crippen LogP contribution in [0, 0.1) is 0 Å². The lowest BCUT2D eigenvalue weighted by atomic mass is 10.1. The molecule has 4 rings (SSSR count). The maximum atomic E-state index is 13.3. The molecule has 0 amide bonds. The van der Waals surface area contributed by atoms with Gasteiger partial charge in [0.25, 0.3) is 0 Å². The van der Waals surface area contributed by atoms with Gasteiger partial charge >= 0.3 is 11.7 Å². The van der Waals surface area contributed by atoms with Crippen LogP contribution in [0.15, 0.2) is 40.6 Å². The monoisotopic (exact) mass is 489 g/mol. The fraction of sp³-hybridized carbons (Fsp3) is 0.522. The highest BCUT2D eigenvalue weighted by atomic mass is 32.2. The number of hydrogen-bond acceptors (Lipinski definition) is 6. The summed E-state index contributed by atoms with van der Waals surface area (Å²) in [5.74, 6) is -0.338. The molecule has 2 fully saturated rings. The lowest BCUT2D eigenvalue weighted by molar-refractivity contribution is -0.137. The second-order valence-electron chi connectivity index (χ2n) is 8.75. The van der Waals surface area contributed by atoms with Crippen molar-refractivity contribution in [1.82, 2.24) is 18.4 Å². The van der Waals surface area contributed by atoms with E-state index in [1.807, 2.05) is 13.0 Å². The van der Waals surface area contributed by atoms with Gasteiger partial charge < -0.3 is 10.0 Å². The number of nitrogens with zero attached hydrogens (tertiary/aromatic N) is 5. The standard InChI is InChI=1S/C23H31N5O5S/c1-3-4-7-17(2)34(32,33)26-14-10-18(11-15-26)28-22-19(27(23(28)31)16-21(29)30)8-9-20(24-22)25-12-5-6-13-25/h4,7-9,18H,2-3,5-6,10-16H2,1H3,(H,29,30). The van der Waals surface area contributed by atoms with Gasteiger partial charge in [-0.25, -0.2) is 18.2 Å². The van der Waals surface area contributed by atoms with Gasteiger partial charge in [-0.3, -0.25) is 13.9 Å². The molecule has 184 valence electrons. The van der Waals surface area contributed by atoms with E-state index in [9.17, 15) is 23.1 Å². The normalized spacial score (nSPS) is 18.3. The molecule has 0 bridgehead atoms. The summed E-state index contributed by atoms with van der Waals surface area (Å²) in [5.41, 5.74) is 0.496. The predicted octanol–water partition coefficient (Wildman–Crippen LogP) is 2.33. The summed E-state index contributed by atoms with van der Waals surface area (Å²) in [6.45, 7) is 7.45. The highest BCUT2D eigenvalue weighted by Gasteiger charge is 2.32. The Labute approximate surface area is 198 Å². The van der Waals surface area contributed by atoms with Crippen molar-refractivity contribution >= 4 is 33.0 Å². The minimum atomic E-state index is -3.66. The first-order valence-electron chi connectivity index (χ1n) is 11.7. The number of sulfonamides is 1. The van der Waals surface area contributed by atoms with Crippen molar-refractivity contribution < 1.29 is 18.3 Å². The number of fused-ring (bicyclic) bond motifs is 1. The molecule has 1 N–H and O–H groups in total. The van der Waals surface area contributed by atoms with E-state index in [4.69, 9.17) is 4.98 Å². The first kappa shape index (κ1) is 24.2. The van der Waals surface area contributed by atoms with Crippen molar-refractivity contribution in [3.8, 4) is 0 Å². The number of anilines is 1. The van der Waals surface area contributed by atoms with Crippen molar-refractivity contribution in [1.29, 1.82) is 0 Å². The first-order chi connectivity index (χ1) is 16.2. The number of aromatic nitrogens is 3. The number of piperidine rings is 1. The molecule has 0 unspecified atom stereocenters. The molecule has 34 heavy (non-hydrogen) atoms. The Morgan fingerprint density at radius 2 is 1.88 bits per heavy atom. The van der Waals surface area contributed by atoms with Crippen LogP contribution in [0.25, 0.3) is 11.2 Å². The topological polar surface area (TPSA) is 118 Å². The Bertz CT molecular complexity index is 1280. The van der Waals surface area contributed by atoms with Gasteiger partial charge in [-0.15, -0.1) is 0 Å². The molecule has 0 saturated carbocycles. The smallest absolute Gasteiger partial charge is 0.331 e. The van der Waals surface area contributed by atoms with Gasteiger partial charge in [-0.1, -0.05) is 19.6 Å². The van der Waals surface area contributed by atoms with Crippen LogP contribution in [0.2, 0.25) is 0 Å². The van der Waals surface area contributed by atoms with Crippen molar-refractivity contribution in [3.05, 3.63) is 46.3 Å². The molecule has 2 aromatic heterocycles. The number of rotatable bonds is 8. The van der Waals surface area contributed by atoms with Gasteiger partial charge in [-0.2, -0.15) is 4.31 Å². The van der Waals surface area contributed by atoms with Crippen LogP contribution < -0.4 is 10.6 Å². The number of pyridine rings is 1. The van der Waals surface area contributed by atoms with Crippen LogP contribution >= 0.6 is 0 Å². The molecule has 2 aromatic rings. The largest absolute Gasteiger partial charge is 0.480 e. The lowest BCUT2D eigenvalue weighted by Crippen LogP contribution is -2.41. The molecule has 2 aliphatic rings. The third-order valence-electron chi connectivity index (χ3n) is 6.52. The molecule has 0 atom stereocenters. The van der Waals surface area contributed by atoms with Crippen LogP contribution in [-0.2, 0) is 21.4 Å². The van der Waals surface area contributed by atoms with Crippen LogP contribution in [0.3, 0.4) is 0 Å².